The van der Waals surface area contributed by atoms with Gasteiger partial charge in [0, 0.05) is 29.4 Å². The highest BCUT2D eigenvalue weighted by atomic mass is 35.5. The van der Waals surface area contributed by atoms with Gasteiger partial charge in [0.1, 0.15) is 51.6 Å². The third kappa shape index (κ3) is 7.15. The van der Waals surface area contributed by atoms with Gasteiger partial charge in [0.2, 0.25) is 0 Å². The fraction of sp³-hybridized carbons (Fsp3) is 0.172. The van der Waals surface area contributed by atoms with E-state index in [0.717, 1.165) is 18.4 Å². The van der Waals surface area contributed by atoms with Gasteiger partial charge in [-0.2, -0.15) is 0 Å². The molecule has 3 aromatic carbocycles. The fourth-order valence-electron chi connectivity index (χ4n) is 3.54. The first-order valence-electron chi connectivity index (χ1n) is 15.3. The summed E-state index contributed by atoms with van der Waals surface area (Å²) in [5.41, 5.74) is 0.528. The number of halogens is 2. The Morgan fingerprint density at radius 2 is 2.02 bits per heavy atom. The molecule has 0 spiro atoms. The zero-order valence-electron chi connectivity index (χ0n) is 27.9. The third-order valence-electron chi connectivity index (χ3n) is 5.41. The van der Waals surface area contributed by atoms with Crippen molar-refractivity contribution < 1.29 is 31.6 Å². The van der Waals surface area contributed by atoms with E-state index in [-0.39, 0.29) is 40.9 Å². The Balaban J connectivity index is 1.45. The lowest BCUT2D eigenvalue weighted by Crippen LogP contribution is -2.21. The average Bonchev–Trinajstić information content (AvgIpc) is 3.51. The summed E-state index contributed by atoms with van der Waals surface area (Å²) in [6.07, 6.45) is 2.30. The van der Waals surface area contributed by atoms with Crippen LogP contribution in [-0.2, 0) is 22.9 Å². The topological polar surface area (TPSA) is 106 Å². The van der Waals surface area contributed by atoms with Crippen LogP contribution < -0.4 is 15.4 Å². The molecule has 0 saturated carbocycles. The first-order chi connectivity index (χ1) is 22.0. The molecule has 206 valence electrons. The number of ether oxygens (including phenoxy) is 1. The van der Waals surface area contributed by atoms with Crippen molar-refractivity contribution in [2.45, 2.75) is 13.1 Å². The van der Waals surface area contributed by atoms with Gasteiger partial charge in [-0.15, -0.1) is 0 Å². The number of nitrogens with zero attached hydrogens (tertiary/aromatic N) is 2. The van der Waals surface area contributed by atoms with Gasteiger partial charge in [-0.25, -0.2) is 22.8 Å². The molecule has 0 radical (unpaired) electrons. The van der Waals surface area contributed by atoms with Gasteiger partial charge in [0.15, 0.2) is 0 Å². The number of furan rings is 1. The summed E-state index contributed by atoms with van der Waals surface area (Å²) in [6, 6.07) is 10.9. The number of nitrogens with one attached hydrogen (secondary N) is 2. The Bertz CT molecular complexity index is 2070. The number of hydrogen-bond acceptors (Lipinski definition) is 8. The molecule has 11 heteroatoms. The van der Waals surface area contributed by atoms with Crippen molar-refractivity contribution in [3.63, 3.8) is 0 Å². The predicted molar refractivity (Wildman–Crippen MR) is 154 cm³/mol. The molecule has 0 atom stereocenters. The number of hydrogen-bond donors (Lipinski definition) is 2. The summed E-state index contributed by atoms with van der Waals surface area (Å²) in [4.78, 5) is 8.48. The van der Waals surface area contributed by atoms with Crippen molar-refractivity contribution in [2.24, 2.45) is 0 Å². The molecule has 5 rings (SSSR count). The maximum atomic E-state index is 13.7. The van der Waals surface area contributed by atoms with E-state index >= 15 is 0 Å². The number of aromatic nitrogens is 2. The van der Waals surface area contributed by atoms with E-state index in [4.69, 9.17) is 30.4 Å². The summed E-state index contributed by atoms with van der Waals surface area (Å²) in [7, 11) is -3.30. The molecule has 0 aliphatic carbocycles. The first kappa shape index (κ1) is 20.0. The second-order valence-corrected chi connectivity index (χ2v) is 11.2. The second kappa shape index (κ2) is 12.0. The minimum atomic E-state index is -3.30. The van der Waals surface area contributed by atoms with Crippen molar-refractivity contribution in [1.82, 2.24) is 15.3 Å². The van der Waals surface area contributed by atoms with E-state index in [1.165, 1.54) is 24.5 Å². The molecule has 0 aliphatic rings. The number of sulfone groups is 1. The van der Waals surface area contributed by atoms with E-state index in [1.54, 1.807) is 24.3 Å². The lowest BCUT2D eigenvalue weighted by atomic mass is 10.1. The Morgan fingerprint density at radius 3 is 2.85 bits per heavy atom. The van der Waals surface area contributed by atoms with E-state index < -0.39 is 57.6 Å². The normalized spacial score (nSPS) is 14.8. The van der Waals surface area contributed by atoms with E-state index in [2.05, 4.69) is 20.6 Å². The third-order valence-corrected chi connectivity index (χ3v) is 6.62. The lowest BCUT2D eigenvalue weighted by Gasteiger charge is -2.12. The highest BCUT2D eigenvalue weighted by Crippen LogP contribution is 2.32. The Labute approximate surface area is 245 Å². The van der Waals surface area contributed by atoms with E-state index in [1.807, 2.05) is 0 Å². The molecule has 5 aromatic rings. The van der Waals surface area contributed by atoms with Crippen molar-refractivity contribution in [2.75, 3.05) is 23.9 Å². The molecule has 0 bridgehead atoms. The molecule has 0 amide bonds. The van der Waals surface area contributed by atoms with Gasteiger partial charge < -0.3 is 19.8 Å². The molecule has 40 heavy (non-hydrogen) atoms. The van der Waals surface area contributed by atoms with Crippen LogP contribution in [0.15, 0.2) is 83.5 Å². The summed E-state index contributed by atoms with van der Waals surface area (Å²) in [6.45, 7) is -4.94. The van der Waals surface area contributed by atoms with Crippen LogP contribution >= 0.6 is 11.6 Å². The minimum absolute atomic E-state index is 0.0804. The molecular formula is C29H26ClFN4O4S. The van der Waals surface area contributed by atoms with Crippen LogP contribution in [0.4, 0.5) is 15.9 Å². The minimum Gasteiger partial charge on any atom is -0.487 e. The Hall–Kier alpha value is -3.99. The smallest absolute Gasteiger partial charge is 0.148 e. The highest BCUT2D eigenvalue weighted by Gasteiger charge is 2.11. The molecule has 0 saturated heterocycles. The lowest BCUT2D eigenvalue weighted by molar-refractivity contribution is 0.306. The van der Waals surface area contributed by atoms with E-state index in [9.17, 15) is 12.8 Å². The van der Waals surface area contributed by atoms with Gasteiger partial charge in [0.25, 0.3) is 0 Å². The Kier molecular flexibility index (Phi) is 6.01. The monoisotopic (exact) mass is 587 g/mol. The van der Waals surface area contributed by atoms with Gasteiger partial charge in [-0.05, 0) is 66.2 Å². The molecule has 0 unspecified atom stereocenters. The molecular weight excluding hydrogens is 555 g/mol. The maximum Gasteiger partial charge on any atom is 0.148 e. The number of anilines is 2. The molecule has 0 aliphatic heterocycles. The number of benzene rings is 3. The summed E-state index contributed by atoms with van der Waals surface area (Å²) < 4.78 is 106. The van der Waals surface area contributed by atoms with Crippen LogP contribution in [0.1, 0.15) is 20.9 Å². The van der Waals surface area contributed by atoms with Crippen LogP contribution in [0.3, 0.4) is 0 Å². The Morgan fingerprint density at radius 1 is 1.15 bits per heavy atom. The first-order valence-corrected chi connectivity index (χ1v) is 14.2. The standard InChI is InChI=1S/C29H26ClFN4O4S/c1-40(36,37)12-11-32-16-23-7-10-27(39-23)20-5-8-26-24(14-20)29(34-18-33-26)35-22-6-9-28(25(30)15-22)38-17-19-3-2-4-21(31)13-19/h2-10,13-15,18,32H,11-12,16-17H2,1H3,(H,33,34,35)/i6D,9D,15D,16D2,17D2. The summed E-state index contributed by atoms with van der Waals surface area (Å²) in [5, 5.41) is 5.33. The van der Waals surface area contributed by atoms with Gasteiger partial charge in [0.05, 0.1) is 32.4 Å². The molecule has 2 aromatic heterocycles. The number of rotatable bonds is 11. The molecule has 8 nitrogen and oxygen atoms in total. The molecule has 2 N–H and O–H groups in total. The summed E-state index contributed by atoms with van der Waals surface area (Å²) >= 11 is 6.38. The fourth-order valence-corrected chi connectivity index (χ4v) is 4.19. The van der Waals surface area contributed by atoms with Crippen LogP contribution in [0.25, 0.3) is 22.2 Å². The quantitative estimate of drug-likeness (QED) is 0.190. The van der Waals surface area contributed by atoms with Crippen molar-refractivity contribution in [3.8, 4) is 17.1 Å². The molecule has 2 heterocycles. The average molecular weight is 588 g/mol. The van der Waals surface area contributed by atoms with Crippen LogP contribution in [0, 0.1) is 5.82 Å². The van der Waals surface area contributed by atoms with Crippen molar-refractivity contribution >= 4 is 43.8 Å². The number of fused-ring (bicyclic) bond motifs is 1. The van der Waals surface area contributed by atoms with Crippen LogP contribution in [0.5, 0.6) is 5.75 Å². The van der Waals surface area contributed by atoms with Crippen LogP contribution in [-0.4, -0.2) is 36.9 Å². The van der Waals surface area contributed by atoms with Crippen molar-refractivity contribution in [3.05, 3.63) is 101 Å². The summed E-state index contributed by atoms with van der Waals surface area (Å²) in [5.74, 6) is -1.21. The maximum absolute atomic E-state index is 13.7. The van der Waals surface area contributed by atoms with Crippen LogP contribution in [0.2, 0.25) is 5.02 Å². The zero-order valence-corrected chi connectivity index (χ0v) is 22.5. The predicted octanol–water partition coefficient (Wildman–Crippen LogP) is 6.14. The second-order valence-electron chi connectivity index (χ2n) is 8.53. The zero-order chi connectivity index (χ0) is 34.3. The van der Waals surface area contributed by atoms with Gasteiger partial charge in [-0.3, -0.25) is 0 Å². The van der Waals surface area contributed by atoms with Gasteiger partial charge in [-0.1, -0.05) is 23.7 Å². The SMILES string of the molecule is [2H]c1c([2H])c(OC([2H])([2H])c2cccc(F)c2)c(Cl)c([2H])c1Nc1ncnc2ccc(-c3ccc(C([2H])([2H])NCCS(C)(=O)=O)o3)cc12. The molecule has 0 fully saturated rings. The highest BCUT2D eigenvalue weighted by molar-refractivity contribution is 7.90. The van der Waals surface area contributed by atoms with Gasteiger partial charge >= 0.3 is 0 Å². The largest absolute Gasteiger partial charge is 0.487 e. The van der Waals surface area contributed by atoms with E-state index in [0.29, 0.717) is 16.5 Å². The van der Waals surface area contributed by atoms with Crippen molar-refractivity contribution in [1.29, 1.82) is 0 Å².